The molecule has 2 rings (SSSR count). The van der Waals surface area contributed by atoms with E-state index in [0.717, 1.165) is 18.6 Å². The molecule has 17 heavy (non-hydrogen) atoms. The minimum Gasteiger partial charge on any atom is -0.348 e. The third-order valence-corrected chi connectivity index (χ3v) is 4.27. The van der Waals surface area contributed by atoms with Gasteiger partial charge in [-0.15, -0.1) is 0 Å². The number of carbonyl (C=O) groups excluding carboxylic acids is 1. The summed E-state index contributed by atoms with van der Waals surface area (Å²) in [6.45, 7) is 0. The van der Waals surface area contributed by atoms with Gasteiger partial charge in [-0.3, -0.25) is 4.79 Å². The van der Waals surface area contributed by atoms with Crippen LogP contribution >= 0.6 is 35.0 Å². The monoisotopic (exact) mass is 290 g/mol. The minimum absolute atomic E-state index is 0.151. The summed E-state index contributed by atoms with van der Waals surface area (Å²) in [6, 6.07) is 3.40. The molecule has 1 aliphatic heterocycles. The van der Waals surface area contributed by atoms with Crippen LogP contribution in [0.15, 0.2) is 12.1 Å². The summed E-state index contributed by atoms with van der Waals surface area (Å²) in [5, 5.41) is 3.41. The van der Waals surface area contributed by atoms with Crippen LogP contribution in [-0.2, 0) is 0 Å². The van der Waals surface area contributed by atoms with Crippen molar-refractivity contribution < 1.29 is 4.79 Å². The van der Waals surface area contributed by atoms with Crippen LogP contribution in [-0.4, -0.2) is 28.4 Å². The van der Waals surface area contributed by atoms with Crippen LogP contribution in [0.5, 0.6) is 0 Å². The van der Waals surface area contributed by atoms with Crippen LogP contribution in [0, 0.1) is 0 Å². The Labute approximate surface area is 114 Å². The second-order valence-corrected chi connectivity index (χ2v) is 5.75. The number of nitrogens with zero attached hydrogens (tertiary/aromatic N) is 1. The third-order valence-electron chi connectivity index (χ3n) is 2.55. The van der Waals surface area contributed by atoms with E-state index in [1.165, 1.54) is 5.75 Å². The minimum atomic E-state index is -0.174. The largest absolute Gasteiger partial charge is 0.348 e. The molecule has 1 atom stereocenters. The molecule has 6 heteroatoms. The molecule has 1 N–H and O–H groups in total. The third kappa shape index (κ3) is 3.50. The first-order valence-electron chi connectivity index (χ1n) is 5.37. The Hall–Kier alpha value is -0.450. The molecule has 2 heterocycles. The maximum atomic E-state index is 12.0. The molecule has 1 fully saturated rings. The number of rotatable bonds is 2. The van der Waals surface area contributed by atoms with Crippen molar-refractivity contribution in [3.63, 3.8) is 0 Å². The Morgan fingerprint density at radius 2 is 2.29 bits per heavy atom. The van der Waals surface area contributed by atoms with E-state index in [2.05, 4.69) is 10.3 Å². The van der Waals surface area contributed by atoms with E-state index in [1.54, 1.807) is 12.1 Å². The molecule has 0 spiro atoms. The molecule has 1 unspecified atom stereocenters. The first-order chi connectivity index (χ1) is 8.16. The van der Waals surface area contributed by atoms with Gasteiger partial charge in [-0.05, 0) is 30.7 Å². The number of hydrogen-bond acceptors (Lipinski definition) is 3. The normalized spacial score (nSPS) is 20.0. The molecule has 92 valence electrons. The van der Waals surface area contributed by atoms with Gasteiger partial charge in [-0.1, -0.05) is 23.2 Å². The molecule has 0 aromatic carbocycles. The highest BCUT2D eigenvalue weighted by Crippen LogP contribution is 2.19. The van der Waals surface area contributed by atoms with Crippen LogP contribution < -0.4 is 5.32 Å². The van der Waals surface area contributed by atoms with Gasteiger partial charge >= 0.3 is 0 Å². The van der Waals surface area contributed by atoms with Gasteiger partial charge in [-0.25, -0.2) is 4.98 Å². The fourth-order valence-corrected chi connectivity index (χ4v) is 3.20. The van der Waals surface area contributed by atoms with E-state index >= 15 is 0 Å². The Morgan fingerprint density at radius 1 is 1.47 bits per heavy atom. The Bertz CT molecular complexity index is 422. The predicted octanol–water partition coefficient (Wildman–Crippen LogP) is 3.01. The fourth-order valence-electron chi connectivity index (χ4n) is 1.70. The second kappa shape index (κ2) is 5.94. The smallest absolute Gasteiger partial charge is 0.254 e. The number of carbonyl (C=O) groups is 1. The highest BCUT2D eigenvalue weighted by atomic mass is 35.5. The molecular formula is C11H12Cl2N2OS. The van der Waals surface area contributed by atoms with Crippen LogP contribution in [0.25, 0.3) is 0 Å². The van der Waals surface area contributed by atoms with Crippen molar-refractivity contribution in [1.29, 1.82) is 0 Å². The molecule has 1 aliphatic rings. The van der Waals surface area contributed by atoms with Crippen molar-refractivity contribution >= 4 is 40.9 Å². The maximum absolute atomic E-state index is 12.0. The molecule has 1 saturated heterocycles. The Balaban J connectivity index is 2.03. The summed E-state index contributed by atoms with van der Waals surface area (Å²) in [5.41, 5.74) is 0.381. The molecule has 0 radical (unpaired) electrons. The number of aromatic nitrogens is 1. The van der Waals surface area contributed by atoms with Gasteiger partial charge in [0, 0.05) is 11.8 Å². The Kier molecular flexibility index (Phi) is 4.54. The molecule has 0 bridgehead atoms. The molecule has 1 aromatic heterocycles. The molecule has 3 nitrogen and oxygen atoms in total. The molecule has 1 aromatic rings. The van der Waals surface area contributed by atoms with Crippen molar-refractivity contribution in [2.24, 2.45) is 0 Å². The summed E-state index contributed by atoms with van der Waals surface area (Å²) >= 11 is 13.4. The average molecular weight is 291 g/mol. The number of nitrogens with one attached hydrogen (secondary N) is 1. The van der Waals surface area contributed by atoms with Gasteiger partial charge in [0.05, 0.1) is 5.56 Å². The second-order valence-electron chi connectivity index (χ2n) is 3.86. The molecular weight excluding hydrogens is 279 g/mol. The van der Waals surface area contributed by atoms with Crippen LogP contribution in [0.4, 0.5) is 0 Å². The van der Waals surface area contributed by atoms with Crippen molar-refractivity contribution in [1.82, 2.24) is 10.3 Å². The highest BCUT2D eigenvalue weighted by molar-refractivity contribution is 7.99. The van der Waals surface area contributed by atoms with Gasteiger partial charge in [0.2, 0.25) is 0 Å². The number of amides is 1. The van der Waals surface area contributed by atoms with E-state index in [0.29, 0.717) is 10.7 Å². The molecule has 0 saturated carbocycles. The highest BCUT2D eigenvalue weighted by Gasteiger charge is 2.18. The summed E-state index contributed by atoms with van der Waals surface area (Å²) in [6.07, 6.45) is 2.17. The van der Waals surface area contributed by atoms with Crippen LogP contribution in [0.2, 0.25) is 10.3 Å². The summed E-state index contributed by atoms with van der Waals surface area (Å²) in [5.74, 6) is 1.96. The van der Waals surface area contributed by atoms with Crippen LogP contribution in [0.3, 0.4) is 0 Å². The topological polar surface area (TPSA) is 42.0 Å². The van der Waals surface area contributed by atoms with Gasteiger partial charge in [-0.2, -0.15) is 11.8 Å². The summed E-state index contributed by atoms with van der Waals surface area (Å²) in [7, 11) is 0. The van der Waals surface area contributed by atoms with Gasteiger partial charge < -0.3 is 5.32 Å². The van der Waals surface area contributed by atoms with E-state index in [1.807, 2.05) is 11.8 Å². The van der Waals surface area contributed by atoms with Crippen molar-refractivity contribution in [2.45, 2.75) is 18.9 Å². The zero-order valence-electron chi connectivity index (χ0n) is 9.08. The lowest BCUT2D eigenvalue weighted by molar-refractivity contribution is 0.0938. The number of pyridine rings is 1. The van der Waals surface area contributed by atoms with Crippen molar-refractivity contribution in [3.05, 3.63) is 28.0 Å². The average Bonchev–Trinajstić information content (AvgIpc) is 2.30. The summed E-state index contributed by atoms with van der Waals surface area (Å²) < 4.78 is 0. The van der Waals surface area contributed by atoms with Crippen molar-refractivity contribution in [3.8, 4) is 0 Å². The number of halogens is 2. The maximum Gasteiger partial charge on any atom is 0.254 e. The molecule has 1 amide bonds. The van der Waals surface area contributed by atoms with E-state index < -0.39 is 0 Å². The lowest BCUT2D eigenvalue weighted by Crippen LogP contribution is -2.38. The van der Waals surface area contributed by atoms with E-state index in [9.17, 15) is 4.79 Å². The quantitative estimate of drug-likeness (QED) is 0.852. The van der Waals surface area contributed by atoms with Gasteiger partial charge in [0.25, 0.3) is 5.91 Å². The van der Waals surface area contributed by atoms with E-state index in [4.69, 9.17) is 23.2 Å². The number of hydrogen-bond donors (Lipinski definition) is 1. The lowest BCUT2D eigenvalue weighted by Gasteiger charge is -2.22. The SMILES string of the molecule is O=C(NC1CCCSC1)c1ccc(Cl)nc1Cl. The van der Waals surface area contributed by atoms with Crippen LogP contribution in [0.1, 0.15) is 23.2 Å². The van der Waals surface area contributed by atoms with Gasteiger partial charge in [0.1, 0.15) is 10.3 Å². The van der Waals surface area contributed by atoms with E-state index in [-0.39, 0.29) is 17.1 Å². The first-order valence-corrected chi connectivity index (χ1v) is 7.28. The van der Waals surface area contributed by atoms with Crippen molar-refractivity contribution in [2.75, 3.05) is 11.5 Å². The zero-order chi connectivity index (χ0) is 12.3. The first kappa shape index (κ1) is 13.0. The zero-order valence-corrected chi connectivity index (χ0v) is 11.4. The Morgan fingerprint density at radius 3 is 2.94 bits per heavy atom. The van der Waals surface area contributed by atoms with Gasteiger partial charge in [0.15, 0.2) is 0 Å². The summed E-state index contributed by atoms with van der Waals surface area (Å²) in [4.78, 5) is 15.8. The molecule has 0 aliphatic carbocycles. The fraction of sp³-hybridized carbons (Fsp3) is 0.455. The predicted molar refractivity (Wildman–Crippen MR) is 72.1 cm³/mol. The lowest BCUT2D eigenvalue weighted by atomic mass is 10.1. The number of thioether (sulfide) groups is 1. The standard InChI is InChI=1S/C11H12Cl2N2OS/c12-9-4-3-8(10(13)15-9)11(16)14-7-2-1-5-17-6-7/h3-4,7H,1-2,5-6H2,(H,14,16).